The zero-order chi connectivity index (χ0) is 21.4. The maximum atomic E-state index is 13.0. The van der Waals surface area contributed by atoms with Crippen molar-refractivity contribution >= 4 is 29.3 Å². The maximum absolute atomic E-state index is 13.0. The SMILES string of the molecule is CC(Oc1ccc2c3c(c(=O)oc2c1)CCCC3)C(=O)N1CCC2(CC1)CNCCO2.Cl. The van der Waals surface area contributed by atoms with E-state index in [0.717, 1.165) is 74.7 Å². The second kappa shape index (κ2) is 9.41. The van der Waals surface area contributed by atoms with Gasteiger partial charge in [-0.3, -0.25) is 4.79 Å². The van der Waals surface area contributed by atoms with E-state index in [4.69, 9.17) is 13.9 Å². The van der Waals surface area contributed by atoms with Crippen LogP contribution in [0.15, 0.2) is 27.4 Å². The minimum atomic E-state index is -0.610. The Balaban J connectivity index is 0.00000245. The molecule has 1 aromatic carbocycles. The van der Waals surface area contributed by atoms with Crippen molar-refractivity contribution in [2.45, 2.75) is 57.2 Å². The van der Waals surface area contributed by atoms with Gasteiger partial charge in [-0.2, -0.15) is 0 Å². The van der Waals surface area contributed by atoms with E-state index < -0.39 is 6.10 Å². The summed E-state index contributed by atoms with van der Waals surface area (Å²) < 4.78 is 17.5. The molecule has 5 rings (SSSR count). The largest absolute Gasteiger partial charge is 0.481 e. The third kappa shape index (κ3) is 4.38. The second-order valence-corrected chi connectivity index (χ2v) is 9.01. The van der Waals surface area contributed by atoms with Crippen molar-refractivity contribution in [2.75, 3.05) is 32.8 Å². The summed E-state index contributed by atoms with van der Waals surface area (Å²) in [6.07, 6.45) is 4.88. The Bertz CT molecular complexity index is 1040. The lowest BCUT2D eigenvalue weighted by Crippen LogP contribution is -2.57. The molecule has 174 valence electrons. The summed E-state index contributed by atoms with van der Waals surface area (Å²) in [6, 6.07) is 5.56. The van der Waals surface area contributed by atoms with Crippen LogP contribution in [0.4, 0.5) is 0 Å². The highest BCUT2D eigenvalue weighted by molar-refractivity contribution is 5.85. The predicted octanol–water partition coefficient (Wildman–Crippen LogP) is 2.84. The fourth-order valence-electron chi connectivity index (χ4n) is 5.17. The summed E-state index contributed by atoms with van der Waals surface area (Å²) in [4.78, 5) is 27.2. The number of piperidine rings is 1. The molecule has 7 nitrogen and oxygen atoms in total. The fourth-order valence-corrected chi connectivity index (χ4v) is 5.17. The first-order valence-electron chi connectivity index (χ1n) is 11.4. The number of ether oxygens (including phenoxy) is 2. The van der Waals surface area contributed by atoms with Gasteiger partial charge in [0.25, 0.3) is 5.91 Å². The van der Waals surface area contributed by atoms with Crippen molar-refractivity contribution in [3.05, 3.63) is 39.7 Å². The molecule has 1 aliphatic carbocycles. The Morgan fingerprint density at radius 1 is 1.19 bits per heavy atom. The van der Waals surface area contributed by atoms with Crippen molar-refractivity contribution in [1.82, 2.24) is 10.2 Å². The predicted molar refractivity (Wildman–Crippen MR) is 124 cm³/mol. The molecule has 0 bridgehead atoms. The van der Waals surface area contributed by atoms with E-state index >= 15 is 0 Å². The van der Waals surface area contributed by atoms with Crippen molar-refractivity contribution < 1.29 is 18.7 Å². The smallest absolute Gasteiger partial charge is 0.339 e. The summed E-state index contributed by atoms with van der Waals surface area (Å²) in [5, 5.41) is 4.37. The van der Waals surface area contributed by atoms with Crippen LogP contribution >= 0.6 is 12.4 Å². The van der Waals surface area contributed by atoms with Crippen LogP contribution in [0.5, 0.6) is 5.75 Å². The molecule has 8 heteroatoms. The number of amides is 1. The average Bonchev–Trinajstić information content (AvgIpc) is 2.80. The number of fused-ring (bicyclic) bond motifs is 3. The van der Waals surface area contributed by atoms with Gasteiger partial charge in [0.2, 0.25) is 0 Å². The first-order valence-corrected chi connectivity index (χ1v) is 11.4. The van der Waals surface area contributed by atoms with Gasteiger partial charge in [-0.1, -0.05) is 0 Å². The number of carbonyl (C=O) groups is 1. The van der Waals surface area contributed by atoms with Crippen LogP contribution in [0.3, 0.4) is 0 Å². The van der Waals surface area contributed by atoms with Gasteiger partial charge in [-0.05, 0) is 63.1 Å². The molecule has 1 amide bonds. The fraction of sp³-hybridized carbons (Fsp3) is 0.583. The third-order valence-corrected chi connectivity index (χ3v) is 6.98. The van der Waals surface area contributed by atoms with E-state index in [9.17, 15) is 9.59 Å². The molecule has 0 saturated carbocycles. The molecule has 32 heavy (non-hydrogen) atoms. The summed E-state index contributed by atoms with van der Waals surface area (Å²) in [5.41, 5.74) is 2.08. The number of nitrogens with one attached hydrogen (secondary N) is 1. The lowest BCUT2D eigenvalue weighted by atomic mass is 9.90. The molecule has 1 N–H and O–H groups in total. The third-order valence-electron chi connectivity index (χ3n) is 6.98. The van der Waals surface area contributed by atoms with Gasteiger partial charge in [0, 0.05) is 43.2 Å². The first kappa shape index (κ1) is 23.1. The van der Waals surface area contributed by atoms with Gasteiger partial charge in [0.05, 0.1) is 12.2 Å². The molecule has 3 aliphatic rings. The molecule has 2 aromatic rings. The molecule has 2 saturated heterocycles. The summed E-state index contributed by atoms with van der Waals surface area (Å²) in [6.45, 7) is 5.60. The number of carbonyl (C=O) groups excluding carboxylic acids is 1. The lowest BCUT2D eigenvalue weighted by Gasteiger charge is -2.44. The van der Waals surface area contributed by atoms with E-state index in [1.165, 1.54) is 0 Å². The van der Waals surface area contributed by atoms with Gasteiger partial charge in [0.15, 0.2) is 6.10 Å². The monoisotopic (exact) mass is 462 g/mol. The number of hydrogen-bond donors (Lipinski definition) is 1. The molecule has 1 aromatic heterocycles. The molecular weight excluding hydrogens is 432 g/mol. The summed E-state index contributed by atoms with van der Waals surface area (Å²) in [5.74, 6) is 0.520. The number of halogens is 1. The zero-order valence-electron chi connectivity index (χ0n) is 18.5. The number of benzene rings is 1. The molecule has 2 fully saturated rings. The van der Waals surface area contributed by atoms with Gasteiger partial charge in [-0.25, -0.2) is 4.79 Å². The van der Waals surface area contributed by atoms with E-state index in [1.54, 1.807) is 13.0 Å². The van der Waals surface area contributed by atoms with Crippen LogP contribution in [-0.4, -0.2) is 55.3 Å². The number of morpholine rings is 1. The van der Waals surface area contributed by atoms with E-state index in [2.05, 4.69) is 5.32 Å². The summed E-state index contributed by atoms with van der Waals surface area (Å²) in [7, 11) is 0. The topological polar surface area (TPSA) is 81.0 Å². The van der Waals surface area contributed by atoms with E-state index in [1.807, 2.05) is 17.0 Å². The van der Waals surface area contributed by atoms with Crippen LogP contribution < -0.4 is 15.7 Å². The number of nitrogens with zero attached hydrogens (tertiary/aromatic N) is 1. The number of hydrogen-bond acceptors (Lipinski definition) is 6. The maximum Gasteiger partial charge on any atom is 0.339 e. The van der Waals surface area contributed by atoms with Gasteiger partial charge < -0.3 is 24.1 Å². The lowest BCUT2D eigenvalue weighted by molar-refractivity contribution is -0.146. The second-order valence-electron chi connectivity index (χ2n) is 9.01. The Morgan fingerprint density at radius 3 is 2.66 bits per heavy atom. The molecule has 2 aliphatic heterocycles. The number of aryl methyl sites for hydroxylation is 1. The minimum Gasteiger partial charge on any atom is -0.481 e. The molecule has 1 atom stereocenters. The Hall–Kier alpha value is -2.09. The van der Waals surface area contributed by atoms with E-state index in [0.29, 0.717) is 24.4 Å². The average molecular weight is 463 g/mol. The number of likely N-dealkylation sites (tertiary alicyclic amines) is 1. The van der Waals surface area contributed by atoms with Crippen LogP contribution in [0.1, 0.15) is 43.7 Å². The molecule has 1 spiro atoms. The molecular formula is C24H31ClN2O5. The van der Waals surface area contributed by atoms with Crippen LogP contribution in [0.2, 0.25) is 0 Å². The molecule has 0 radical (unpaired) electrons. The normalized spacial score (nSPS) is 21.0. The molecule has 1 unspecified atom stereocenters. The van der Waals surface area contributed by atoms with Crippen LogP contribution in [0, 0.1) is 0 Å². The first-order chi connectivity index (χ1) is 15.0. The Labute approximate surface area is 193 Å². The van der Waals surface area contributed by atoms with Crippen molar-refractivity contribution in [3.8, 4) is 5.75 Å². The highest BCUT2D eigenvalue weighted by atomic mass is 35.5. The standard InChI is InChI=1S/C24H30N2O5.ClH/c1-16(22(27)26-11-8-24(9-12-26)15-25-10-13-29-24)30-17-6-7-19-18-4-2-3-5-20(18)23(28)31-21(19)14-17;/h6-7,14,16,25H,2-5,8-13,15H2,1H3;1H. The van der Waals surface area contributed by atoms with Crippen molar-refractivity contribution in [1.29, 1.82) is 0 Å². The van der Waals surface area contributed by atoms with Crippen LogP contribution in [0.25, 0.3) is 11.0 Å². The van der Waals surface area contributed by atoms with Crippen molar-refractivity contribution in [3.63, 3.8) is 0 Å². The van der Waals surface area contributed by atoms with Gasteiger partial charge >= 0.3 is 5.63 Å². The number of rotatable bonds is 3. The Morgan fingerprint density at radius 2 is 1.94 bits per heavy atom. The van der Waals surface area contributed by atoms with Crippen molar-refractivity contribution in [2.24, 2.45) is 0 Å². The van der Waals surface area contributed by atoms with Gasteiger partial charge in [-0.15, -0.1) is 12.4 Å². The quantitative estimate of drug-likeness (QED) is 0.706. The zero-order valence-corrected chi connectivity index (χ0v) is 19.3. The van der Waals surface area contributed by atoms with E-state index in [-0.39, 0.29) is 29.5 Å². The summed E-state index contributed by atoms with van der Waals surface area (Å²) >= 11 is 0. The highest BCUT2D eigenvalue weighted by Gasteiger charge is 2.39. The van der Waals surface area contributed by atoms with Crippen LogP contribution in [-0.2, 0) is 22.4 Å². The highest BCUT2D eigenvalue weighted by Crippen LogP contribution is 2.30. The molecule has 3 heterocycles. The Kier molecular flexibility index (Phi) is 6.79. The van der Waals surface area contributed by atoms with Gasteiger partial charge in [0.1, 0.15) is 11.3 Å². The minimum absolute atomic E-state index is 0.